The van der Waals surface area contributed by atoms with E-state index in [1.807, 2.05) is 0 Å². The van der Waals surface area contributed by atoms with E-state index in [2.05, 4.69) is 0 Å². The molecule has 0 aliphatic carbocycles. The zero-order valence-electron chi connectivity index (χ0n) is 8.47. The van der Waals surface area contributed by atoms with Crippen molar-refractivity contribution in [2.24, 2.45) is 0 Å². The molecule has 0 amide bonds. The van der Waals surface area contributed by atoms with Gasteiger partial charge >= 0.3 is 0 Å². The lowest BCUT2D eigenvalue weighted by Gasteiger charge is -2.09. The molecule has 0 atom stereocenters. The second kappa shape index (κ2) is 8.01. The average Bonchev–Trinajstić information content (AvgIpc) is 2.51. The van der Waals surface area contributed by atoms with Crippen LogP contribution in [0.15, 0.2) is 0 Å². The number of aliphatic carboxylic acids is 1. The molecular formula is C9H19NO3. The van der Waals surface area contributed by atoms with Crippen molar-refractivity contribution in [1.29, 1.82) is 0 Å². The quantitative estimate of drug-likeness (QED) is 0.562. The number of carboxylic acid groups (broad SMARTS) is 1. The van der Waals surface area contributed by atoms with Gasteiger partial charge < -0.3 is 19.5 Å². The number of likely N-dealkylation sites (tertiary alicyclic amines) is 1. The molecule has 1 rings (SSSR count). The molecule has 78 valence electrons. The van der Waals surface area contributed by atoms with Crippen molar-refractivity contribution >= 4 is 5.97 Å². The number of ether oxygens (including phenoxy) is 1. The number of hydrogen-bond donors (Lipinski definition) is 1. The lowest BCUT2D eigenvalue weighted by molar-refractivity contribution is -0.887. The van der Waals surface area contributed by atoms with Crippen LogP contribution in [0.4, 0.5) is 0 Å². The standard InChI is InChI=1S/C7H15NO.C2H4O2/c1-9-7-6-8-4-2-3-5-8;1-2(3)4/h2-7H2,1H3;1H3,(H,3,4). The number of carboxylic acids is 1. The minimum absolute atomic E-state index is 0.926. The summed E-state index contributed by atoms with van der Waals surface area (Å²) in [5.74, 6) is -1.08. The third kappa shape index (κ3) is 9.30. The number of quaternary nitrogens is 1. The fourth-order valence-electron chi connectivity index (χ4n) is 1.37. The first-order valence-electron chi connectivity index (χ1n) is 4.67. The highest BCUT2D eigenvalue weighted by Crippen LogP contribution is 1.86. The zero-order chi connectivity index (χ0) is 10.1. The summed E-state index contributed by atoms with van der Waals surface area (Å²) in [7, 11) is 1.77. The Balaban J connectivity index is 0.000000310. The van der Waals surface area contributed by atoms with Crippen LogP contribution in [0.3, 0.4) is 0 Å². The van der Waals surface area contributed by atoms with E-state index < -0.39 is 5.97 Å². The summed E-state index contributed by atoms with van der Waals surface area (Å²) in [5, 5.41) is 8.89. The molecule has 1 heterocycles. The Morgan fingerprint density at radius 2 is 1.92 bits per heavy atom. The summed E-state index contributed by atoms with van der Waals surface area (Å²) in [5.41, 5.74) is 0. The predicted octanol–water partition coefficient (Wildman–Crippen LogP) is -1.93. The van der Waals surface area contributed by atoms with Gasteiger partial charge in [0.2, 0.25) is 0 Å². The molecule has 1 aliphatic rings. The van der Waals surface area contributed by atoms with Gasteiger partial charge in [0.05, 0.1) is 19.7 Å². The molecule has 1 aliphatic heterocycles. The summed E-state index contributed by atoms with van der Waals surface area (Å²) < 4.78 is 4.98. The van der Waals surface area contributed by atoms with Crippen molar-refractivity contribution < 1.29 is 19.5 Å². The molecule has 0 aromatic carbocycles. The molecular weight excluding hydrogens is 170 g/mol. The summed E-state index contributed by atoms with van der Waals surface area (Å²) in [4.78, 5) is 10.6. The number of carbonyl (C=O) groups excluding carboxylic acids is 1. The molecule has 0 radical (unpaired) electrons. The molecule has 0 aromatic rings. The maximum absolute atomic E-state index is 8.89. The van der Waals surface area contributed by atoms with Gasteiger partial charge in [0.15, 0.2) is 0 Å². The molecule has 4 nitrogen and oxygen atoms in total. The lowest BCUT2D eigenvalue weighted by Crippen LogP contribution is -3.10. The fraction of sp³-hybridized carbons (Fsp3) is 0.889. The summed E-state index contributed by atoms with van der Waals surface area (Å²) in [6.45, 7) is 5.83. The minimum Gasteiger partial charge on any atom is -0.550 e. The highest BCUT2D eigenvalue weighted by Gasteiger charge is 2.13. The van der Waals surface area contributed by atoms with Crippen LogP contribution in [0.5, 0.6) is 0 Å². The third-order valence-electron chi connectivity index (χ3n) is 1.97. The number of methoxy groups -OCH3 is 1. The van der Waals surface area contributed by atoms with E-state index in [4.69, 9.17) is 14.6 Å². The summed E-state index contributed by atoms with van der Waals surface area (Å²) in [6.07, 6.45) is 2.83. The van der Waals surface area contributed by atoms with E-state index in [9.17, 15) is 0 Å². The highest BCUT2D eigenvalue weighted by atomic mass is 16.5. The molecule has 0 unspecified atom stereocenters. The second-order valence-corrected chi connectivity index (χ2v) is 3.19. The Kier molecular flexibility index (Phi) is 7.63. The van der Waals surface area contributed by atoms with Gasteiger partial charge in [-0.3, -0.25) is 0 Å². The van der Waals surface area contributed by atoms with Crippen LogP contribution >= 0.6 is 0 Å². The molecule has 1 N–H and O–H groups in total. The Morgan fingerprint density at radius 1 is 1.46 bits per heavy atom. The normalized spacial score (nSPS) is 16.5. The Labute approximate surface area is 79.5 Å². The van der Waals surface area contributed by atoms with Gasteiger partial charge in [-0.25, -0.2) is 0 Å². The van der Waals surface area contributed by atoms with Crippen molar-refractivity contribution in [3.63, 3.8) is 0 Å². The largest absolute Gasteiger partial charge is 0.550 e. The molecule has 0 saturated carbocycles. The Morgan fingerprint density at radius 3 is 2.31 bits per heavy atom. The molecule has 0 aromatic heterocycles. The molecule has 1 saturated heterocycles. The molecule has 0 bridgehead atoms. The van der Waals surface area contributed by atoms with Crippen LogP contribution in [0.25, 0.3) is 0 Å². The number of carbonyl (C=O) groups is 1. The van der Waals surface area contributed by atoms with Crippen molar-refractivity contribution in [1.82, 2.24) is 0 Å². The van der Waals surface area contributed by atoms with Crippen molar-refractivity contribution in [3.8, 4) is 0 Å². The molecule has 13 heavy (non-hydrogen) atoms. The van der Waals surface area contributed by atoms with Gasteiger partial charge in [-0.05, 0) is 6.92 Å². The van der Waals surface area contributed by atoms with Gasteiger partial charge in [0, 0.05) is 25.9 Å². The van der Waals surface area contributed by atoms with Crippen LogP contribution < -0.4 is 10.0 Å². The topological polar surface area (TPSA) is 53.8 Å². The van der Waals surface area contributed by atoms with Crippen molar-refractivity contribution in [2.45, 2.75) is 19.8 Å². The maximum atomic E-state index is 8.89. The number of hydrogen-bond acceptors (Lipinski definition) is 3. The number of rotatable bonds is 3. The van der Waals surface area contributed by atoms with Crippen LogP contribution in [0.1, 0.15) is 19.8 Å². The van der Waals surface area contributed by atoms with E-state index >= 15 is 0 Å². The third-order valence-corrected chi connectivity index (χ3v) is 1.97. The smallest absolute Gasteiger partial charge is 0.101 e. The van der Waals surface area contributed by atoms with Crippen LogP contribution in [0.2, 0.25) is 0 Å². The van der Waals surface area contributed by atoms with E-state index in [-0.39, 0.29) is 0 Å². The van der Waals surface area contributed by atoms with Crippen molar-refractivity contribution in [2.75, 3.05) is 33.4 Å². The van der Waals surface area contributed by atoms with Crippen molar-refractivity contribution in [3.05, 3.63) is 0 Å². The van der Waals surface area contributed by atoms with Crippen LogP contribution in [-0.4, -0.2) is 39.3 Å². The van der Waals surface area contributed by atoms with Crippen LogP contribution in [0, 0.1) is 0 Å². The zero-order valence-corrected chi connectivity index (χ0v) is 8.47. The summed E-state index contributed by atoms with van der Waals surface area (Å²) in [6, 6.07) is 0. The summed E-state index contributed by atoms with van der Waals surface area (Å²) >= 11 is 0. The van der Waals surface area contributed by atoms with E-state index in [1.54, 1.807) is 12.0 Å². The van der Waals surface area contributed by atoms with E-state index in [1.165, 1.54) is 32.5 Å². The fourth-order valence-corrected chi connectivity index (χ4v) is 1.37. The first-order chi connectivity index (χ1) is 6.16. The first-order valence-corrected chi connectivity index (χ1v) is 4.67. The second-order valence-electron chi connectivity index (χ2n) is 3.19. The van der Waals surface area contributed by atoms with Crippen LogP contribution in [-0.2, 0) is 9.53 Å². The van der Waals surface area contributed by atoms with Gasteiger partial charge in [-0.2, -0.15) is 0 Å². The van der Waals surface area contributed by atoms with Gasteiger partial charge in [-0.1, -0.05) is 0 Å². The monoisotopic (exact) mass is 189 g/mol. The van der Waals surface area contributed by atoms with Gasteiger partial charge in [-0.15, -0.1) is 0 Å². The SMILES string of the molecule is CC(=O)[O-].COCC[NH+]1CCCC1. The average molecular weight is 189 g/mol. The van der Waals surface area contributed by atoms with Gasteiger partial charge in [0.25, 0.3) is 0 Å². The number of nitrogens with one attached hydrogen (secondary N) is 1. The predicted molar refractivity (Wildman–Crippen MR) is 47.4 cm³/mol. The maximum Gasteiger partial charge on any atom is 0.101 e. The molecule has 1 fully saturated rings. The molecule has 4 heteroatoms. The van der Waals surface area contributed by atoms with E-state index in [0.717, 1.165) is 13.5 Å². The Hall–Kier alpha value is -0.610. The molecule has 0 spiro atoms. The van der Waals surface area contributed by atoms with E-state index in [0.29, 0.717) is 0 Å². The van der Waals surface area contributed by atoms with Gasteiger partial charge in [0.1, 0.15) is 6.54 Å². The Bertz CT molecular complexity index is 129. The first kappa shape index (κ1) is 12.4. The lowest BCUT2D eigenvalue weighted by atomic mass is 10.4. The highest BCUT2D eigenvalue weighted by molar-refractivity contribution is 5.60. The minimum atomic E-state index is -1.08.